The maximum absolute atomic E-state index is 12.5. The Labute approximate surface area is 112 Å². The van der Waals surface area contributed by atoms with Crippen LogP contribution in [-0.4, -0.2) is 21.2 Å². The fourth-order valence-corrected chi connectivity index (χ4v) is 1.71. The summed E-state index contributed by atoms with van der Waals surface area (Å²) in [5.74, 6) is 0.0465. The van der Waals surface area contributed by atoms with E-state index in [-0.39, 0.29) is 5.78 Å². The van der Waals surface area contributed by atoms with Gasteiger partial charge in [0.1, 0.15) is 5.69 Å². The topological polar surface area (TPSA) is 58.6 Å². The third kappa shape index (κ3) is 3.16. The van der Waals surface area contributed by atoms with Gasteiger partial charge in [0.25, 0.3) is 0 Å². The van der Waals surface area contributed by atoms with Gasteiger partial charge in [0.2, 0.25) is 0 Å². The Bertz CT molecular complexity index is 578. The predicted octanol–water partition coefficient (Wildman–Crippen LogP) is 2.96. The minimum Gasteiger partial charge on any atom is -0.294 e. The number of ketones is 1. The summed E-state index contributed by atoms with van der Waals surface area (Å²) < 4.78 is 0. The first kappa shape index (κ1) is 13.2. The molecule has 1 aromatic heterocycles. The zero-order valence-electron chi connectivity index (χ0n) is 11.3. The summed E-state index contributed by atoms with van der Waals surface area (Å²) in [7, 11) is 0. The predicted molar refractivity (Wildman–Crippen MR) is 75.2 cm³/mol. The Hall–Kier alpha value is -2.23. The van der Waals surface area contributed by atoms with Crippen LogP contribution in [0.25, 0.3) is 11.6 Å². The number of hydrogen-bond acceptors (Lipinski definition) is 3. The second kappa shape index (κ2) is 5.18. The molecule has 2 rings (SSSR count). The van der Waals surface area contributed by atoms with Crippen molar-refractivity contribution in [2.24, 2.45) is 5.41 Å². The Morgan fingerprint density at radius 3 is 2.42 bits per heavy atom. The standard InChI is InChI=1S/C15H17N3O/c1-15(2,3)14(19)12(13-10-16-18-17-13)9-11-7-5-4-6-8-11/h4-10H,1-3H3,(H,16,17,18). The zero-order chi connectivity index (χ0) is 13.9. The molecule has 1 heterocycles. The van der Waals surface area contributed by atoms with Crippen molar-refractivity contribution >= 4 is 17.4 Å². The molecular formula is C15H17N3O. The van der Waals surface area contributed by atoms with Gasteiger partial charge in [-0.15, -0.1) is 0 Å². The molecule has 19 heavy (non-hydrogen) atoms. The van der Waals surface area contributed by atoms with E-state index >= 15 is 0 Å². The van der Waals surface area contributed by atoms with Gasteiger partial charge >= 0.3 is 0 Å². The molecule has 0 aliphatic rings. The first-order chi connectivity index (χ1) is 8.98. The first-order valence-corrected chi connectivity index (χ1v) is 6.16. The third-order valence-corrected chi connectivity index (χ3v) is 2.73. The van der Waals surface area contributed by atoms with E-state index in [0.717, 1.165) is 5.56 Å². The van der Waals surface area contributed by atoms with E-state index in [0.29, 0.717) is 11.3 Å². The highest BCUT2D eigenvalue weighted by Gasteiger charge is 2.27. The molecule has 0 bridgehead atoms. The molecule has 0 saturated carbocycles. The van der Waals surface area contributed by atoms with E-state index in [2.05, 4.69) is 15.4 Å². The van der Waals surface area contributed by atoms with Gasteiger partial charge in [-0.25, -0.2) is 0 Å². The molecule has 1 N–H and O–H groups in total. The number of allylic oxidation sites excluding steroid dienone is 1. The molecule has 0 saturated heterocycles. The van der Waals surface area contributed by atoms with E-state index in [1.165, 1.54) is 0 Å². The zero-order valence-corrected chi connectivity index (χ0v) is 11.3. The monoisotopic (exact) mass is 255 g/mol. The lowest BCUT2D eigenvalue weighted by atomic mass is 9.84. The molecular weight excluding hydrogens is 238 g/mol. The van der Waals surface area contributed by atoms with Crippen molar-refractivity contribution in [1.82, 2.24) is 15.4 Å². The summed E-state index contributed by atoms with van der Waals surface area (Å²) in [4.78, 5) is 12.5. The van der Waals surface area contributed by atoms with E-state index in [9.17, 15) is 4.79 Å². The van der Waals surface area contributed by atoms with Crippen molar-refractivity contribution in [2.75, 3.05) is 0 Å². The van der Waals surface area contributed by atoms with Crippen LogP contribution in [0.1, 0.15) is 32.0 Å². The molecule has 0 radical (unpaired) electrons. The molecule has 4 nitrogen and oxygen atoms in total. The molecule has 0 aliphatic heterocycles. The van der Waals surface area contributed by atoms with E-state index < -0.39 is 5.41 Å². The number of hydrogen-bond donors (Lipinski definition) is 1. The first-order valence-electron chi connectivity index (χ1n) is 6.16. The molecule has 1 aromatic carbocycles. The van der Waals surface area contributed by atoms with Crippen LogP contribution in [0.4, 0.5) is 0 Å². The molecule has 2 aromatic rings. The molecule has 0 atom stereocenters. The van der Waals surface area contributed by atoms with Gasteiger partial charge in [-0.2, -0.15) is 15.4 Å². The third-order valence-electron chi connectivity index (χ3n) is 2.73. The lowest BCUT2D eigenvalue weighted by Crippen LogP contribution is -2.21. The van der Waals surface area contributed by atoms with Crippen molar-refractivity contribution < 1.29 is 4.79 Å². The maximum Gasteiger partial charge on any atom is 0.170 e. The lowest BCUT2D eigenvalue weighted by molar-refractivity contribution is -0.120. The van der Waals surface area contributed by atoms with Gasteiger partial charge in [0.15, 0.2) is 5.78 Å². The SMILES string of the molecule is CC(C)(C)C(=O)C(=Cc1ccccc1)c1cn[nH]n1. The molecule has 0 unspecified atom stereocenters. The number of carbonyl (C=O) groups excluding carboxylic acids is 1. The van der Waals surface area contributed by atoms with Crippen molar-refractivity contribution in [1.29, 1.82) is 0 Å². The number of nitrogens with zero attached hydrogens (tertiary/aromatic N) is 2. The van der Waals surface area contributed by atoms with Gasteiger partial charge in [-0.05, 0) is 11.6 Å². The number of nitrogens with one attached hydrogen (secondary N) is 1. The Balaban J connectivity index is 2.47. The van der Waals surface area contributed by atoms with Crippen LogP contribution in [-0.2, 0) is 4.79 Å². The highest BCUT2D eigenvalue weighted by molar-refractivity contribution is 6.26. The van der Waals surface area contributed by atoms with Crippen LogP contribution in [0.2, 0.25) is 0 Å². The van der Waals surface area contributed by atoms with Crippen molar-refractivity contribution in [2.45, 2.75) is 20.8 Å². The summed E-state index contributed by atoms with van der Waals surface area (Å²) in [5, 5.41) is 10.4. The quantitative estimate of drug-likeness (QED) is 0.858. The van der Waals surface area contributed by atoms with E-state index in [4.69, 9.17) is 0 Å². The molecule has 0 spiro atoms. The largest absolute Gasteiger partial charge is 0.294 e. The normalized spacial score (nSPS) is 12.5. The Morgan fingerprint density at radius 1 is 1.21 bits per heavy atom. The minimum absolute atomic E-state index is 0.0465. The molecule has 0 fully saturated rings. The second-order valence-electron chi connectivity index (χ2n) is 5.40. The van der Waals surface area contributed by atoms with Crippen LogP contribution < -0.4 is 0 Å². The summed E-state index contributed by atoms with van der Waals surface area (Å²) in [5.41, 5.74) is 1.66. The van der Waals surface area contributed by atoms with Crippen molar-refractivity contribution in [3.8, 4) is 0 Å². The lowest BCUT2D eigenvalue weighted by Gasteiger charge is -2.17. The molecule has 4 heteroatoms. The van der Waals surface area contributed by atoms with Crippen LogP contribution in [0.5, 0.6) is 0 Å². The summed E-state index contributed by atoms with van der Waals surface area (Å²) >= 11 is 0. The van der Waals surface area contributed by atoms with E-state index in [1.54, 1.807) is 6.20 Å². The molecule has 0 amide bonds. The highest BCUT2D eigenvalue weighted by Crippen LogP contribution is 2.27. The number of aromatic amines is 1. The van der Waals surface area contributed by atoms with Gasteiger partial charge in [-0.1, -0.05) is 51.1 Å². The molecule has 0 aliphatic carbocycles. The van der Waals surface area contributed by atoms with Gasteiger partial charge < -0.3 is 0 Å². The van der Waals surface area contributed by atoms with Gasteiger partial charge in [-0.3, -0.25) is 4.79 Å². The van der Waals surface area contributed by atoms with Gasteiger partial charge in [0.05, 0.1) is 6.20 Å². The number of rotatable bonds is 3. The average Bonchev–Trinajstić information content (AvgIpc) is 2.89. The number of H-pyrrole nitrogens is 1. The fraction of sp³-hybridized carbons (Fsp3) is 0.267. The van der Waals surface area contributed by atoms with Crippen LogP contribution >= 0.6 is 0 Å². The summed E-state index contributed by atoms with van der Waals surface area (Å²) in [6.45, 7) is 5.69. The van der Waals surface area contributed by atoms with Crippen molar-refractivity contribution in [3.63, 3.8) is 0 Å². The fourth-order valence-electron chi connectivity index (χ4n) is 1.71. The second-order valence-corrected chi connectivity index (χ2v) is 5.40. The van der Waals surface area contributed by atoms with Crippen molar-refractivity contribution in [3.05, 3.63) is 47.8 Å². The van der Waals surface area contributed by atoms with Gasteiger partial charge in [0, 0.05) is 11.0 Å². The highest BCUT2D eigenvalue weighted by atomic mass is 16.1. The molecule has 98 valence electrons. The average molecular weight is 255 g/mol. The minimum atomic E-state index is -0.459. The number of benzene rings is 1. The van der Waals surface area contributed by atoms with E-state index in [1.807, 2.05) is 57.2 Å². The summed E-state index contributed by atoms with van der Waals surface area (Å²) in [6.07, 6.45) is 3.42. The Morgan fingerprint density at radius 2 is 1.89 bits per heavy atom. The number of Topliss-reactive ketones (excluding diaryl/α,β-unsaturated/α-hetero) is 1. The number of aromatic nitrogens is 3. The smallest absolute Gasteiger partial charge is 0.170 e. The van der Waals surface area contributed by atoms with Crippen LogP contribution in [0.15, 0.2) is 36.5 Å². The maximum atomic E-state index is 12.5. The summed E-state index contributed by atoms with van der Waals surface area (Å²) in [6, 6.07) is 9.73. The number of carbonyl (C=O) groups is 1. The van der Waals surface area contributed by atoms with Crippen LogP contribution in [0.3, 0.4) is 0 Å². The Kier molecular flexibility index (Phi) is 3.60. The van der Waals surface area contributed by atoms with Crippen LogP contribution in [0, 0.1) is 5.41 Å².